The van der Waals surface area contributed by atoms with Crippen molar-refractivity contribution < 1.29 is 8.42 Å². The molecule has 1 aromatic heterocycles. The maximum absolute atomic E-state index is 10.8. The van der Waals surface area contributed by atoms with E-state index in [4.69, 9.17) is 0 Å². The van der Waals surface area contributed by atoms with Crippen LogP contribution in [-0.4, -0.2) is 30.2 Å². The number of hydrogen-bond donors (Lipinski definition) is 0. The topological polar surface area (TPSA) is 52.0 Å². The van der Waals surface area contributed by atoms with Crippen LogP contribution >= 0.6 is 0 Å². The summed E-state index contributed by atoms with van der Waals surface area (Å²) >= 11 is 0. The van der Waals surface area contributed by atoms with Crippen LogP contribution in [0.2, 0.25) is 0 Å². The van der Waals surface area contributed by atoms with Gasteiger partial charge in [0.05, 0.1) is 18.0 Å². The summed E-state index contributed by atoms with van der Waals surface area (Å²) in [5, 5.41) is 4.18. The van der Waals surface area contributed by atoms with Crippen LogP contribution in [0.15, 0.2) is 12.3 Å². The number of aryl methyl sites for hydroxylation is 2. The van der Waals surface area contributed by atoms with Gasteiger partial charge in [-0.2, -0.15) is 5.10 Å². The minimum atomic E-state index is -2.88. The van der Waals surface area contributed by atoms with Crippen LogP contribution < -0.4 is 0 Å². The van der Waals surface area contributed by atoms with Crippen molar-refractivity contribution in [1.82, 2.24) is 9.78 Å². The SMILES string of the molecule is CCc1ccn(CCS(C)(=O)=O)n1. The molecular weight excluding hydrogens is 188 g/mol. The minimum Gasteiger partial charge on any atom is -0.271 e. The molecule has 0 aliphatic rings. The molecule has 0 aliphatic carbocycles. The lowest BCUT2D eigenvalue weighted by Gasteiger charge is -1.98. The Balaban J connectivity index is 2.55. The van der Waals surface area contributed by atoms with E-state index in [9.17, 15) is 8.42 Å². The molecule has 1 aromatic rings. The molecule has 0 aromatic carbocycles. The maximum atomic E-state index is 10.8. The molecule has 4 nitrogen and oxygen atoms in total. The summed E-state index contributed by atoms with van der Waals surface area (Å²) in [6, 6.07) is 1.91. The first kappa shape index (κ1) is 10.2. The van der Waals surface area contributed by atoms with E-state index in [1.54, 1.807) is 4.68 Å². The smallest absolute Gasteiger partial charge is 0.149 e. The van der Waals surface area contributed by atoms with Crippen molar-refractivity contribution in [3.8, 4) is 0 Å². The summed E-state index contributed by atoms with van der Waals surface area (Å²) in [5.41, 5.74) is 0.994. The summed E-state index contributed by atoms with van der Waals surface area (Å²) in [5.74, 6) is 0.151. The molecule has 0 saturated carbocycles. The van der Waals surface area contributed by atoms with Crippen molar-refractivity contribution >= 4 is 9.84 Å². The number of sulfone groups is 1. The quantitative estimate of drug-likeness (QED) is 0.714. The van der Waals surface area contributed by atoms with E-state index in [0.29, 0.717) is 6.54 Å². The first-order valence-corrected chi connectivity index (χ1v) is 6.27. The third-order valence-electron chi connectivity index (χ3n) is 1.75. The first-order valence-electron chi connectivity index (χ1n) is 4.21. The highest BCUT2D eigenvalue weighted by Gasteiger charge is 2.03. The zero-order valence-corrected chi connectivity index (χ0v) is 8.71. The Hall–Kier alpha value is -0.840. The molecule has 0 N–H and O–H groups in total. The Kier molecular flexibility index (Phi) is 3.08. The lowest BCUT2D eigenvalue weighted by atomic mass is 10.4. The fraction of sp³-hybridized carbons (Fsp3) is 0.625. The fourth-order valence-electron chi connectivity index (χ4n) is 0.976. The Morgan fingerprint density at radius 2 is 2.23 bits per heavy atom. The zero-order valence-electron chi connectivity index (χ0n) is 7.90. The van der Waals surface area contributed by atoms with Gasteiger partial charge >= 0.3 is 0 Å². The van der Waals surface area contributed by atoms with Crippen molar-refractivity contribution in [2.24, 2.45) is 0 Å². The van der Waals surface area contributed by atoms with E-state index in [0.717, 1.165) is 12.1 Å². The highest BCUT2D eigenvalue weighted by molar-refractivity contribution is 7.90. The summed E-state index contributed by atoms with van der Waals surface area (Å²) in [7, 11) is -2.88. The predicted molar refractivity (Wildman–Crippen MR) is 51.3 cm³/mol. The van der Waals surface area contributed by atoms with E-state index in [1.807, 2.05) is 19.2 Å². The van der Waals surface area contributed by atoms with Crippen LogP contribution in [0.3, 0.4) is 0 Å². The van der Waals surface area contributed by atoms with Gasteiger partial charge in [0, 0.05) is 12.5 Å². The van der Waals surface area contributed by atoms with E-state index >= 15 is 0 Å². The summed E-state index contributed by atoms with van der Waals surface area (Å²) in [4.78, 5) is 0. The molecular formula is C8H14N2O2S. The summed E-state index contributed by atoms with van der Waals surface area (Å²) in [6.07, 6.45) is 3.92. The number of rotatable bonds is 4. The Bertz CT molecular complexity index is 367. The number of nitrogens with zero attached hydrogens (tertiary/aromatic N) is 2. The fourth-order valence-corrected chi connectivity index (χ4v) is 1.49. The monoisotopic (exact) mass is 202 g/mol. The molecule has 0 saturated heterocycles. The summed E-state index contributed by atoms with van der Waals surface area (Å²) in [6.45, 7) is 2.46. The van der Waals surface area contributed by atoms with Gasteiger partial charge in [0.15, 0.2) is 0 Å². The van der Waals surface area contributed by atoms with Gasteiger partial charge in [0.25, 0.3) is 0 Å². The lowest BCUT2D eigenvalue weighted by molar-refractivity contribution is 0.584. The molecule has 0 fully saturated rings. The second-order valence-electron chi connectivity index (χ2n) is 3.05. The minimum absolute atomic E-state index is 0.151. The summed E-state index contributed by atoms with van der Waals surface area (Å²) < 4.78 is 23.3. The van der Waals surface area contributed by atoms with Crippen molar-refractivity contribution in [2.75, 3.05) is 12.0 Å². The molecule has 1 rings (SSSR count). The average molecular weight is 202 g/mol. The molecule has 0 amide bonds. The normalized spacial score (nSPS) is 11.8. The number of hydrogen-bond acceptors (Lipinski definition) is 3. The van der Waals surface area contributed by atoms with Crippen LogP contribution in [0.4, 0.5) is 0 Å². The van der Waals surface area contributed by atoms with Crippen molar-refractivity contribution in [2.45, 2.75) is 19.9 Å². The van der Waals surface area contributed by atoms with Gasteiger partial charge in [-0.15, -0.1) is 0 Å². The van der Waals surface area contributed by atoms with Crippen LogP contribution in [-0.2, 0) is 22.8 Å². The largest absolute Gasteiger partial charge is 0.271 e. The molecule has 0 unspecified atom stereocenters. The maximum Gasteiger partial charge on any atom is 0.149 e. The Morgan fingerprint density at radius 1 is 1.54 bits per heavy atom. The van der Waals surface area contributed by atoms with Crippen LogP contribution in [0.25, 0.3) is 0 Å². The Labute approximate surface area is 78.5 Å². The molecule has 0 bridgehead atoms. The van der Waals surface area contributed by atoms with E-state index in [-0.39, 0.29) is 5.75 Å². The van der Waals surface area contributed by atoms with Gasteiger partial charge in [0.1, 0.15) is 9.84 Å². The van der Waals surface area contributed by atoms with Crippen molar-refractivity contribution in [3.63, 3.8) is 0 Å². The third kappa shape index (κ3) is 3.59. The third-order valence-corrected chi connectivity index (χ3v) is 2.67. The second-order valence-corrected chi connectivity index (χ2v) is 5.31. The van der Waals surface area contributed by atoms with E-state index < -0.39 is 9.84 Å². The van der Waals surface area contributed by atoms with Gasteiger partial charge in [-0.05, 0) is 12.5 Å². The molecule has 0 atom stereocenters. The molecule has 13 heavy (non-hydrogen) atoms. The molecule has 0 radical (unpaired) electrons. The highest BCUT2D eigenvalue weighted by Crippen LogP contribution is 1.96. The second kappa shape index (κ2) is 3.91. The molecule has 74 valence electrons. The van der Waals surface area contributed by atoms with Crippen molar-refractivity contribution in [1.29, 1.82) is 0 Å². The Morgan fingerprint density at radius 3 is 2.69 bits per heavy atom. The lowest BCUT2D eigenvalue weighted by Crippen LogP contribution is -2.11. The molecule has 0 aliphatic heterocycles. The average Bonchev–Trinajstić information content (AvgIpc) is 2.47. The van der Waals surface area contributed by atoms with E-state index in [2.05, 4.69) is 5.10 Å². The van der Waals surface area contributed by atoms with Crippen LogP contribution in [0, 0.1) is 0 Å². The van der Waals surface area contributed by atoms with Crippen LogP contribution in [0.1, 0.15) is 12.6 Å². The molecule has 0 spiro atoms. The standard InChI is InChI=1S/C8H14N2O2S/c1-3-8-4-5-10(9-8)6-7-13(2,11)12/h4-5H,3,6-7H2,1-2H3. The highest BCUT2D eigenvalue weighted by atomic mass is 32.2. The molecule has 5 heteroatoms. The van der Waals surface area contributed by atoms with Gasteiger partial charge in [0.2, 0.25) is 0 Å². The number of aromatic nitrogens is 2. The first-order chi connectivity index (χ1) is 6.01. The molecule has 1 heterocycles. The van der Waals surface area contributed by atoms with Gasteiger partial charge in [-0.3, -0.25) is 4.68 Å². The van der Waals surface area contributed by atoms with Gasteiger partial charge in [-0.1, -0.05) is 6.92 Å². The van der Waals surface area contributed by atoms with Crippen molar-refractivity contribution in [3.05, 3.63) is 18.0 Å². The van der Waals surface area contributed by atoms with Gasteiger partial charge in [-0.25, -0.2) is 8.42 Å². The zero-order chi connectivity index (χ0) is 9.90. The van der Waals surface area contributed by atoms with Crippen LogP contribution in [0.5, 0.6) is 0 Å². The predicted octanol–water partition coefficient (Wildman–Crippen LogP) is 0.490. The van der Waals surface area contributed by atoms with E-state index in [1.165, 1.54) is 6.26 Å². The van der Waals surface area contributed by atoms with Gasteiger partial charge < -0.3 is 0 Å².